The second-order valence-corrected chi connectivity index (χ2v) is 7.71. The molecule has 1 fully saturated rings. The van der Waals surface area contributed by atoms with Crippen molar-refractivity contribution < 1.29 is 8.42 Å². The summed E-state index contributed by atoms with van der Waals surface area (Å²) in [5, 5.41) is 3.34. The van der Waals surface area contributed by atoms with Gasteiger partial charge in [-0.3, -0.25) is 0 Å². The molecule has 0 spiro atoms. The first-order valence-electron chi connectivity index (χ1n) is 6.28. The van der Waals surface area contributed by atoms with Gasteiger partial charge in [0.2, 0.25) is 0 Å². The molecular weight excluding hydrogens is 222 g/mol. The van der Waals surface area contributed by atoms with Crippen LogP contribution in [0.1, 0.15) is 39.5 Å². The smallest absolute Gasteiger partial charge is 0.148 e. The number of rotatable bonds is 5. The Hall–Kier alpha value is -0.0900. The van der Waals surface area contributed by atoms with Crippen LogP contribution in [0, 0.1) is 11.8 Å². The molecule has 0 bridgehead atoms. The van der Waals surface area contributed by atoms with Gasteiger partial charge < -0.3 is 5.32 Å². The molecule has 1 aliphatic carbocycles. The van der Waals surface area contributed by atoms with Crippen LogP contribution in [0.2, 0.25) is 0 Å². The van der Waals surface area contributed by atoms with Gasteiger partial charge in [-0.15, -0.1) is 0 Å². The second-order valence-electron chi connectivity index (χ2n) is 5.53. The maximum atomic E-state index is 11.1. The highest BCUT2D eigenvalue weighted by atomic mass is 32.2. The van der Waals surface area contributed by atoms with E-state index in [0.717, 1.165) is 18.4 Å². The summed E-state index contributed by atoms with van der Waals surface area (Å²) in [7, 11) is -2.85. The van der Waals surface area contributed by atoms with Gasteiger partial charge in [-0.2, -0.15) is 0 Å². The minimum absolute atomic E-state index is 0.0781. The van der Waals surface area contributed by atoms with Crippen molar-refractivity contribution in [1.29, 1.82) is 0 Å². The normalized spacial score (nSPS) is 28.9. The molecule has 1 aliphatic rings. The first kappa shape index (κ1) is 14.0. The highest BCUT2D eigenvalue weighted by Gasteiger charge is 2.19. The molecule has 0 amide bonds. The average Bonchev–Trinajstić information content (AvgIpc) is 2.14. The van der Waals surface area contributed by atoms with Crippen molar-refractivity contribution in [3.8, 4) is 0 Å². The lowest BCUT2D eigenvalue weighted by Crippen LogP contribution is -2.36. The zero-order valence-electron chi connectivity index (χ0n) is 10.7. The van der Waals surface area contributed by atoms with Crippen LogP contribution in [0.5, 0.6) is 0 Å². The maximum Gasteiger partial charge on any atom is 0.148 e. The van der Waals surface area contributed by atoms with E-state index in [-0.39, 0.29) is 11.8 Å². The highest BCUT2D eigenvalue weighted by Crippen LogP contribution is 2.27. The third-order valence-electron chi connectivity index (χ3n) is 3.44. The maximum absolute atomic E-state index is 11.1. The van der Waals surface area contributed by atoms with E-state index in [4.69, 9.17) is 0 Å². The Bertz CT molecular complexity index is 292. The summed E-state index contributed by atoms with van der Waals surface area (Å²) < 4.78 is 22.2. The van der Waals surface area contributed by atoms with Crippen LogP contribution < -0.4 is 5.32 Å². The fraction of sp³-hybridized carbons (Fsp3) is 1.00. The van der Waals surface area contributed by atoms with E-state index in [1.807, 2.05) is 6.92 Å². The van der Waals surface area contributed by atoms with E-state index in [1.54, 1.807) is 0 Å². The minimum atomic E-state index is -2.85. The van der Waals surface area contributed by atoms with E-state index in [2.05, 4.69) is 12.2 Å². The number of hydrogen-bond donors (Lipinski definition) is 1. The molecule has 1 unspecified atom stereocenters. The Kier molecular flexibility index (Phi) is 5.25. The Balaban J connectivity index is 2.19. The van der Waals surface area contributed by atoms with E-state index in [0.29, 0.717) is 0 Å². The van der Waals surface area contributed by atoms with Gasteiger partial charge in [0.25, 0.3) is 0 Å². The molecule has 0 saturated heterocycles. The van der Waals surface area contributed by atoms with Crippen LogP contribution in [0.4, 0.5) is 0 Å². The largest absolute Gasteiger partial charge is 0.313 e. The lowest BCUT2D eigenvalue weighted by atomic mass is 9.83. The molecule has 0 radical (unpaired) electrons. The molecule has 0 aromatic rings. The monoisotopic (exact) mass is 247 g/mol. The van der Waals surface area contributed by atoms with Crippen LogP contribution in [-0.4, -0.2) is 33.0 Å². The molecule has 4 heteroatoms. The van der Waals surface area contributed by atoms with Gasteiger partial charge in [0.05, 0.1) is 5.75 Å². The van der Waals surface area contributed by atoms with Crippen molar-refractivity contribution in [3.63, 3.8) is 0 Å². The molecule has 1 atom stereocenters. The van der Waals surface area contributed by atoms with Crippen molar-refractivity contribution in [2.24, 2.45) is 11.8 Å². The van der Waals surface area contributed by atoms with Crippen molar-refractivity contribution in [1.82, 2.24) is 5.32 Å². The Morgan fingerprint density at radius 1 is 1.25 bits per heavy atom. The van der Waals surface area contributed by atoms with Gasteiger partial charge in [0.15, 0.2) is 0 Å². The van der Waals surface area contributed by atoms with Gasteiger partial charge >= 0.3 is 0 Å². The predicted octanol–water partition coefficient (Wildman–Crippen LogP) is 1.84. The first-order chi connectivity index (χ1) is 7.37. The van der Waals surface area contributed by atoms with Gasteiger partial charge in [-0.05, 0) is 38.1 Å². The minimum Gasteiger partial charge on any atom is -0.313 e. The summed E-state index contributed by atoms with van der Waals surface area (Å²) in [6.07, 6.45) is 6.53. The molecule has 0 aromatic heterocycles. The Labute approximate surface area is 99.9 Å². The van der Waals surface area contributed by atoms with Crippen LogP contribution in [0.15, 0.2) is 0 Å². The molecule has 1 N–H and O–H groups in total. The molecule has 0 aliphatic heterocycles. The summed E-state index contributed by atoms with van der Waals surface area (Å²) in [6, 6.07) is 0.0781. The zero-order valence-corrected chi connectivity index (χ0v) is 11.5. The molecule has 3 nitrogen and oxygen atoms in total. The topological polar surface area (TPSA) is 46.2 Å². The van der Waals surface area contributed by atoms with E-state index < -0.39 is 9.84 Å². The van der Waals surface area contributed by atoms with Crippen LogP contribution in [0.25, 0.3) is 0 Å². The van der Waals surface area contributed by atoms with Gasteiger partial charge in [-0.1, -0.05) is 19.8 Å². The van der Waals surface area contributed by atoms with E-state index in [9.17, 15) is 8.42 Å². The third kappa shape index (κ3) is 5.85. The van der Waals surface area contributed by atoms with Crippen molar-refractivity contribution in [3.05, 3.63) is 0 Å². The summed E-state index contributed by atoms with van der Waals surface area (Å²) >= 11 is 0. The van der Waals surface area contributed by atoms with E-state index in [1.165, 1.54) is 31.9 Å². The summed E-state index contributed by atoms with van der Waals surface area (Å²) in [6.45, 7) is 5.24. The fourth-order valence-corrected chi connectivity index (χ4v) is 3.44. The average molecular weight is 247 g/mol. The molecule has 0 aromatic carbocycles. The molecule has 96 valence electrons. The Morgan fingerprint density at radius 2 is 1.81 bits per heavy atom. The predicted molar refractivity (Wildman–Crippen MR) is 68.3 cm³/mol. The third-order valence-corrected chi connectivity index (χ3v) is 4.55. The summed E-state index contributed by atoms with van der Waals surface area (Å²) in [4.78, 5) is 0. The molecular formula is C12H25NO2S. The fourth-order valence-electron chi connectivity index (χ4n) is 2.41. The van der Waals surface area contributed by atoms with Gasteiger partial charge in [0.1, 0.15) is 9.84 Å². The van der Waals surface area contributed by atoms with Crippen molar-refractivity contribution in [2.75, 3.05) is 18.6 Å². The number of sulfone groups is 1. The van der Waals surface area contributed by atoms with E-state index >= 15 is 0 Å². The van der Waals surface area contributed by atoms with Crippen LogP contribution in [-0.2, 0) is 9.84 Å². The zero-order chi connectivity index (χ0) is 12.2. The number of hydrogen-bond acceptors (Lipinski definition) is 3. The highest BCUT2D eigenvalue weighted by molar-refractivity contribution is 7.90. The van der Waals surface area contributed by atoms with Crippen molar-refractivity contribution in [2.45, 2.75) is 45.6 Å². The quantitative estimate of drug-likeness (QED) is 0.806. The standard InChI is InChI=1S/C12H25NO2S/c1-10-4-6-12(7-5-10)8-13-11(2)9-16(3,14)15/h10-13H,4-9H2,1-3H3. The molecule has 0 heterocycles. The Morgan fingerprint density at radius 3 is 2.31 bits per heavy atom. The summed E-state index contributed by atoms with van der Waals surface area (Å²) in [5.74, 6) is 1.87. The summed E-state index contributed by atoms with van der Waals surface area (Å²) in [5.41, 5.74) is 0. The molecule has 16 heavy (non-hydrogen) atoms. The van der Waals surface area contributed by atoms with Crippen LogP contribution in [0.3, 0.4) is 0 Å². The van der Waals surface area contributed by atoms with Crippen LogP contribution >= 0.6 is 0 Å². The lowest BCUT2D eigenvalue weighted by Gasteiger charge is -2.27. The lowest BCUT2D eigenvalue weighted by molar-refractivity contribution is 0.277. The van der Waals surface area contributed by atoms with Crippen molar-refractivity contribution >= 4 is 9.84 Å². The molecule has 1 saturated carbocycles. The van der Waals surface area contributed by atoms with Gasteiger partial charge in [0, 0.05) is 12.3 Å². The SMILES string of the molecule is CC1CCC(CNC(C)CS(C)(=O)=O)CC1. The molecule has 1 rings (SSSR count). The second kappa shape index (κ2) is 6.01. The first-order valence-corrected chi connectivity index (χ1v) is 8.34. The number of nitrogens with one attached hydrogen (secondary N) is 1. The van der Waals surface area contributed by atoms with Gasteiger partial charge in [-0.25, -0.2) is 8.42 Å².